The Bertz CT molecular complexity index is 632. The number of aromatic amines is 1. The van der Waals surface area contributed by atoms with Crippen LogP contribution in [0.15, 0.2) is 35.1 Å². The summed E-state index contributed by atoms with van der Waals surface area (Å²) in [5.74, 6) is 1.86. The number of anilines is 1. The van der Waals surface area contributed by atoms with E-state index in [0.29, 0.717) is 23.3 Å². The normalized spacial score (nSPS) is 14.4. The summed E-state index contributed by atoms with van der Waals surface area (Å²) in [5, 5.41) is 3.89. The van der Waals surface area contributed by atoms with Gasteiger partial charge in [0.2, 0.25) is 0 Å². The Morgan fingerprint density at radius 1 is 1.32 bits per heavy atom. The smallest absolute Gasteiger partial charge is 0.252 e. The van der Waals surface area contributed by atoms with Gasteiger partial charge in [0, 0.05) is 23.6 Å². The van der Waals surface area contributed by atoms with Crippen LogP contribution in [0.4, 0.5) is 5.82 Å². The van der Waals surface area contributed by atoms with E-state index in [9.17, 15) is 4.79 Å². The van der Waals surface area contributed by atoms with Gasteiger partial charge in [0.1, 0.15) is 11.6 Å². The van der Waals surface area contributed by atoms with Gasteiger partial charge < -0.3 is 10.3 Å². The van der Waals surface area contributed by atoms with Gasteiger partial charge in [-0.2, -0.15) is 0 Å². The highest BCUT2D eigenvalue weighted by atomic mass is 35.5. The first kappa shape index (κ1) is 12.2. The Morgan fingerprint density at radius 3 is 2.74 bits per heavy atom. The molecule has 1 heterocycles. The second-order valence-electron chi connectivity index (χ2n) is 4.77. The van der Waals surface area contributed by atoms with Crippen LogP contribution in [0.3, 0.4) is 0 Å². The molecule has 0 radical (unpaired) electrons. The van der Waals surface area contributed by atoms with Crippen molar-refractivity contribution in [3.05, 3.63) is 57.1 Å². The average molecular weight is 276 g/mol. The quantitative estimate of drug-likeness (QED) is 0.902. The minimum atomic E-state index is -0.101. The highest BCUT2D eigenvalue weighted by Gasteiger charge is 2.26. The number of halogens is 1. The van der Waals surface area contributed by atoms with Crippen molar-refractivity contribution in [2.24, 2.45) is 0 Å². The molecule has 0 unspecified atom stereocenters. The van der Waals surface area contributed by atoms with Crippen molar-refractivity contribution in [1.29, 1.82) is 0 Å². The maximum Gasteiger partial charge on any atom is 0.252 e. The monoisotopic (exact) mass is 275 g/mol. The molecule has 2 aromatic rings. The van der Waals surface area contributed by atoms with Crippen LogP contribution in [0.2, 0.25) is 5.02 Å². The van der Waals surface area contributed by atoms with Gasteiger partial charge >= 0.3 is 0 Å². The van der Waals surface area contributed by atoms with Crippen molar-refractivity contribution >= 4 is 17.4 Å². The first-order chi connectivity index (χ1) is 9.20. The van der Waals surface area contributed by atoms with E-state index in [4.69, 9.17) is 11.6 Å². The van der Waals surface area contributed by atoms with E-state index >= 15 is 0 Å². The molecule has 1 aromatic heterocycles. The maximum absolute atomic E-state index is 11.5. The summed E-state index contributed by atoms with van der Waals surface area (Å²) in [4.78, 5) is 18.8. The Labute approximate surface area is 115 Å². The number of aromatic nitrogens is 2. The summed E-state index contributed by atoms with van der Waals surface area (Å²) in [6.07, 6.45) is 2.23. The molecule has 0 spiro atoms. The molecule has 2 N–H and O–H groups in total. The molecular weight excluding hydrogens is 262 g/mol. The van der Waals surface area contributed by atoms with Gasteiger partial charge in [0.05, 0.1) is 0 Å². The topological polar surface area (TPSA) is 57.8 Å². The predicted octanol–water partition coefficient (Wildman–Crippen LogP) is 2.91. The highest BCUT2D eigenvalue weighted by molar-refractivity contribution is 6.30. The molecule has 19 heavy (non-hydrogen) atoms. The third kappa shape index (κ3) is 3.15. The van der Waals surface area contributed by atoms with Crippen LogP contribution in [0.5, 0.6) is 0 Å². The standard InChI is InChI=1S/C14H14ClN3O/c15-11-5-1-9(2-6-11)8-16-12-7-13(19)18-14(17-12)10-3-4-10/h1-2,5-7,10H,3-4,8H2,(H2,16,17,18,19). The van der Waals surface area contributed by atoms with Crippen LogP contribution in [0.25, 0.3) is 0 Å². The minimum absolute atomic E-state index is 0.101. The SMILES string of the molecule is O=c1cc(NCc2ccc(Cl)cc2)nc(C2CC2)[nH]1. The number of benzene rings is 1. The van der Waals surface area contributed by atoms with Crippen LogP contribution < -0.4 is 10.9 Å². The van der Waals surface area contributed by atoms with Gasteiger partial charge in [0.15, 0.2) is 0 Å². The number of nitrogens with one attached hydrogen (secondary N) is 2. The van der Waals surface area contributed by atoms with E-state index in [1.165, 1.54) is 6.07 Å². The molecule has 1 aliphatic rings. The largest absolute Gasteiger partial charge is 0.366 e. The van der Waals surface area contributed by atoms with E-state index in [0.717, 1.165) is 24.2 Å². The molecular formula is C14H14ClN3O. The number of H-pyrrole nitrogens is 1. The van der Waals surface area contributed by atoms with Gasteiger partial charge in [-0.05, 0) is 30.5 Å². The molecule has 0 aliphatic heterocycles. The third-order valence-corrected chi connectivity index (χ3v) is 3.36. The Kier molecular flexibility index (Phi) is 3.25. The zero-order chi connectivity index (χ0) is 13.2. The summed E-state index contributed by atoms with van der Waals surface area (Å²) in [5.41, 5.74) is 0.995. The van der Waals surface area contributed by atoms with Gasteiger partial charge in [0.25, 0.3) is 5.56 Å². The second-order valence-corrected chi connectivity index (χ2v) is 5.21. The lowest BCUT2D eigenvalue weighted by atomic mass is 10.2. The molecule has 0 bridgehead atoms. The number of hydrogen-bond donors (Lipinski definition) is 2. The molecule has 0 atom stereocenters. The molecule has 0 amide bonds. The van der Waals surface area contributed by atoms with E-state index in [1.54, 1.807) is 0 Å². The van der Waals surface area contributed by atoms with Crippen molar-refractivity contribution in [3.8, 4) is 0 Å². The Hall–Kier alpha value is -1.81. The molecule has 4 nitrogen and oxygen atoms in total. The first-order valence-electron chi connectivity index (χ1n) is 6.30. The molecule has 1 saturated carbocycles. The van der Waals surface area contributed by atoms with Crippen LogP contribution >= 0.6 is 11.6 Å². The zero-order valence-electron chi connectivity index (χ0n) is 10.3. The number of nitrogens with zero attached hydrogens (tertiary/aromatic N) is 1. The Balaban J connectivity index is 1.72. The van der Waals surface area contributed by atoms with Gasteiger partial charge in [-0.15, -0.1) is 0 Å². The van der Waals surface area contributed by atoms with Crippen molar-refractivity contribution in [2.45, 2.75) is 25.3 Å². The van der Waals surface area contributed by atoms with Crippen LogP contribution in [-0.4, -0.2) is 9.97 Å². The lowest BCUT2D eigenvalue weighted by Gasteiger charge is -2.07. The zero-order valence-corrected chi connectivity index (χ0v) is 11.1. The van der Waals surface area contributed by atoms with E-state index in [2.05, 4.69) is 15.3 Å². The highest BCUT2D eigenvalue weighted by Crippen LogP contribution is 2.37. The summed E-state index contributed by atoms with van der Waals surface area (Å²) in [7, 11) is 0. The van der Waals surface area contributed by atoms with Gasteiger partial charge in [-0.3, -0.25) is 4.79 Å². The summed E-state index contributed by atoms with van der Waals surface area (Å²) in [6.45, 7) is 0.623. The summed E-state index contributed by atoms with van der Waals surface area (Å²) >= 11 is 5.83. The minimum Gasteiger partial charge on any atom is -0.366 e. The fraction of sp³-hybridized carbons (Fsp3) is 0.286. The predicted molar refractivity (Wildman–Crippen MR) is 75.6 cm³/mol. The number of rotatable bonds is 4. The van der Waals surface area contributed by atoms with E-state index in [-0.39, 0.29) is 5.56 Å². The van der Waals surface area contributed by atoms with Crippen LogP contribution in [-0.2, 0) is 6.54 Å². The van der Waals surface area contributed by atoms with Crippen LogP contribution in [0, 0.1) is 0 Å². The fourth-order valence-corrected chi connectivity index (χ4v) is 2.04. The van der Waals surface area contributed by atoms with E-state index in [1.807, 2.05) is 24.3 Å². The number of hydrogen-bond acceptors (Lipinski definition) is 3. The summed E-state index contributed by atoms with van der Waals surface area (Å²) < 4.78 is 0. The molecule has 1 fully saturated rings. The lowest BCUT2D eigenvalue weighted by Crippen LogP contribution is -2.13. The fourth-order valence-electron chi connectivity index (χ4n) is 1.91. The molecule has 1 aromatic carbocycles. The van der Waals surface area contributed by atoms with E-state index < -0.39 is 0 Å². The molecule has 1 aliphatic carbocycles. The van der Waals surface area contributed by atoms with Crippen LogP contribution in [0.1, 0.15) is 30.1 Å². The van der Waals surface area contributed by atoms with Crippen molar-refractivity contribution in [2.75, 3.05) is 5.32 Å². The first-order valence-corrected chi connectivity index (χ1v) is 6.68. The molecule has 0 saturated heterocycles. The third-order valence-electron chi connectivity index (χ3n) is 3.11. The average Bonchev–Trinajstić information content (AvgIpc) is 3.22. The van der Waals surface area contributed by atoms with Crippen molar-refractivity contribution < 1.29 is 0 Å². The molecule has 5 heteroatoms. The lowest BCUT2D eigenvalue weighted by molar-refractivity contribution is 0.903. The summed E-state index contributed by atoms with van der Waals surface area (Å²) in [6, 6.07) is 9.08. The van der Waals surface area contributed by atoms with Gasteiger partial charge in [-0.25, -0.2) is 4.98 Å². The van der Waals surface area contributed by atoms with Gasteiger partial charge in [-0.1, -0.05) is 23.7 Å². The molecule has 3 rings (SSSR count). The second kappa shape index (κ2) is 5.05. The maximum atomic E-state index is 11.5. The molecule has 98 valence electrons. The Morgan fingerprint density at radius 2 is 2.05 bits per heavy atom. The van der Waals surface area contributed by atoms with Crippen molar-refractivity contribution in [3.63, 3.8) is 0 Å². The van der Waals surface area contributed by atoms with Crippen molar-refractivity contribution in [1.82, 2.24) is 9.97 Å².